The van der Waals surface area contributed by atoms with Crippen molar-refractivity contribution in [3.05, 3.63) is 17.8 Å². The van der Waals surface area contributed by atoms with Gasteiger partial charge in [0.1, 0.15) is 5.82 Å². The Balaban J connectivity index is 1.52. The van der Waals surface area contributed by atoms with Gasteiger partial charge >= 0.3 is 0 Å². The molecule has 0 unspecified atom stereocenters. The number of amides is 2. The highest BCUT2D eigenvalue weighted by atomic mass is 16.5. The van der Waals surface area contributed by atoms with Crippen LogP contribution in [0.1, 0.15) is 36.0 Å². The van der Waals surface area contributed by atoms with E-state index in [0.29, 0.717) is 23.8 Å². The molecular weight excluding hydrogens is 370 g/mol. The Kier molecular flexibility index (Phi) is 6.01. The summed E-state index contributed by atoms with van der Waals surface area (Å²) < 4.78 is 5.45. The van der Waals surface area contributed by atoms with Crippen LogP contribution in [0.15, 0.2) is 12.3 Å². The number of pyridine rings is 1. The first-order valence-electron chi connectivity index (χ1n) is 10.6. The fraction of sp³-hybridized carbons (Fsp3) is 0.667. The van der Waals surface area contributed by atoms with Gasteiger partial charge in [-0.1, -0.05) is 0 Å². The zero-order valence-corrected chi connectivity index (χ0v) is 17.4. The van der Waals surface area contributed by atoms with Gasteiger partial charge in [-0.2, -0.15) is 0 Å². The maximum Gasteiger partial charge on any atom is 0.255 e. The molecule has 158 valence electrons. The van der Waals surface area contributed by atoms with Gasteiger partial charge in [0.2, 0.25) is 5.91 Å². The number of hydrogen-bond donors (Lipinski definition) is 1. The fourth-order valence-corrected chi connectivity index (χ4v) is 4.44. The summed E-state index contributed by atoms with van der Waals surface area (Å²) in [4.78, 5) is 36.2. The molecule has 1 aromatic heterocycles. The molecule has 0 aromatic carbocycles. The first-order chi connectivity index (χ1) is 14.0. The Labute approximate surface area is 172 Å². The average Bonchev–Trinajstić information content (AvgIpc) is 2.75. The largest absolute Gasteiger partial charge is 0.381 e. The number of aromatic nitrogens is 1. The molecule has 4 rings (SSSR count). The predicted molar refractivity (Wildman–Crippen MR) is 111 cm³/mol. The Morgan fingerprint density at radius 2 is 2.00 bits per heavy atom. The smallest absolute Gasteiger partial charge is 0.255 e. The highest BCUT2D eigenvalue weighted by molar-refractivity contribution is 6.04. The lowest BCUT2D eigenvalue weighted by Gasteiger charge is -2.36. The topological polar surface area (TPSA) is 78.0 Å². The van der Waals surface area contributed by atoms with Crippen LogP contribution in [0.2, 0.25) is 0 Å². The lowest BCUT2D eigenvalue weighted by molar-refractivity contribution is -0.117. The third-order valence-electron chi connectivity index (χ3n) is 6.45. The molecule has 1 N–H and O–H groups in total. The molecule has 29 heavy (non-hydrogen) atoms. The second-order valence-corrected chi connectivity index (χ2v) is 8.46. The Morgan fingerprint density at radius 3 is 2.72 bits per heavy atom. The standard InChI is InChI=1S/C21H31N5O3/c1-24-7-3-17(4-8-24)25(2)21(28)16-11-18-20(22-12-16)23-13-19(27)26(18)14-15-5-9-29-10-6-15/h11-12,15,17H,3-10,13-14H2,1-2H3,(H,22,23). The molecule has 3 aliphatic rings. The number of nitrogens with one attached hydrogen (secondary N) is 1. The van der Waals surface area contributed by atoms with E-state index in [4.69, 9.17) is 4.74 Å². The second kappa shape index (κ2) is 8.67. The van der Waals surface area contributed by atoms with Crippen LogP contribution in [0.5, 0.6) is 0 Å². The van der Waals surface area contributed by atoms with Crippen molar-refractivity contribution >= 4 is 23.3 Å². The van der Waals surface area contributed by atoms with Gasteiger partial charge in [0.25, 0.3) is 5.91 Å². The Hall–Kier alpha value is -2.19. The predicted octanol–water partition coefficient (Wildman–Crippen LogP) is 1.43. The minimum Gasteiger partial charge on any atom is -0.381 e. The summed E-state index contributed by atoms with van der Waals surface area (Å²) in [7, 11) is 3.99. The van der Waals surface area contributed by atoms with Crippen LogP contribution >= 0.6 is 0 Å². The van der Waals surface area contributed by atoms with Crippen LogP contribution in [0.25, 0.3) is 0 Å². The molecule has 0 bridgehead atoms. The molecule has 0 aliphatic carbocycles. The van der Waals surface area contributed by atoms with Crippen molar-refractivity contribution in [2.75, 3.05) is 63.7 Å². The number of likely N-dealkylation sites (tertiary alicyclic amines) is 1. The van der Waals surface area contributed by atoms with E-state index in [1.807, 2.05) is 18.0 Å². The van der Waals surface area contributed by atoms with Crippen molar-refractivity contribution in [1.82, 2.24) is 14.8 Å². The summed E-state index contributed by atoms with van der Waals surface area (Å²) >= 11 is 0. The first kappa shape index (κ1) is 20.1. The summed E-state index contributed by atoms with van der Waals surface area (Å²) in [6.07, 6.45) is 5.50. The van der Waals surface area contributed by atoms with Crippen molar-refractivity contribution in [3.8, 4) is 0 Å². The van der Waals surface area contributed by atoms with Gasteiger partial charge in [-0.3, -0.25) is 9.59 Å². The summed E-state index contributed by atoms with van der Waals surface area (Å²) in [6, 6.07) is 2.08. The van der Waals surface area contributed by atoms with Gasteiger partial charge in [-0.05, 0) is 57.8 Å². The van der Waals surface area contributed by atoms with Gasteiger partial charge in [0, 0.05) is 39.0 Å². The van der Waals surface area contributed by atoms with E-state index in [0.717, 1.165) is 57.7 Å². The third kappa shape index (κ3) is 4.38. The molecule has 4 heterocycles. The minimum atomic E-state index is -0.0288. The number of nitrogens with zero attached hydrogens (tertiary/aromatic N) is 4. The number of piperidine rings is 1. The molecule has 0 radical (unpaired) electrons. The molecule has 1 aromatic rings. The molecule has 8 heteroatoms. The van der Waals surface area contributed by atoms with E-state index in [2.05, 4.69) is 22.2 Å². The Morgan fingerprint density at radius 1 is 1.28 bits per heavy atom. The number of hydrogen-bond acceptors (Lipinski definition) is 6. The average molecular weight is 402 g/mol. The fourth-order valence-electron chi connectivity index (χ4n) is 4.44. The van der Waals surface area contributed by atoms with Gasteiger partial charge < -0.3 is 24.8 Å². The van der Waals surface area contributed by atoms with Gasteiger partial charge in [-0.25, -0.2) is 4.98 Å². The zero-order valence-electron chi connectivity index (χ0n) is 17.4. The van der Waals surface area contributed by atoms with Crippen molar-refractivity contribution in [1.29, 1.82) is 0 Å². The summed E-state index contributed by atoms with van der Waals surface area (Å²) in [5.41, 5.74) is 1.26. The zero-order chi connectivity index (χ0) is 20.4. The maximum absolute atomic E-state index is 13.1. The van der Waals surface area contributed by atoms with Crippen LogP contribution in [-0.2, 0) is 9.53 Å². The van der Waals surface area contributed by atoms with E-state index in [1.54, 1.807) is 11.1 Å². The molecule has 0 atom stereocenters. The first-order valence-corrected chi connectivity index (χ1v) is 10.6. The van der Waals surface area contributed by atoms with E-state index < -0.39 is 0 Å². The van der Waals surface area contributed by atoms with Crippen molar-refractivity contribution < 1.29 is 14.3 Å². The lowest BCUT2D eigenvalue weighted by Crippen LogP contribution is -2.45. The summed E-state index contributed by atoms with van der Waals surface area (Å²) in [6.45, 7) is 4.39. The summed E-state index contributed by atoms with van der Waals surface area (Å²) in [5, 5.41) is 3.09. The van der Waals surface area contributed by atoms with E-state index in [-0.39, 0.29) is 24.4 Å². The van der Waals surface area contributed by atoms with Gasteiger partial charge in [0.05, 0.1) is 17.8 Å². The summed E-state index contributed by atoms with van der Waals surface area (Å²) in [5.74, 6) is 1.09. The third-order valence-corrected chi connectivity index (χ3v) is 6.45. The molecule has 2 fully saturated rings. The quantitative estimate of drug-likeness (QED) is 0.823. The van der Waals surface area contributed by atoms with E-state index >= 15 is 0 Å². The van der Waals surface area contributed by atoms with E-state index in [1.165, 1.54) is 0 Å². The number of carbonyl (C=O) groups is 2. The van der Waals surface area contributed by atoms with Crippen LogP contribution < -0.4 is 10.2 Å². The molecule has 2 amide bonds. The van der Waals surface area contributed by atoms with Crippen molar-refractivity contribution in [2.45, 2.75) is 31.7 Å². The van der Waals surface area contributed by atoms with Gasteiger partial charge in [0.15, 0.2) is 0 Å². The molecule has 8 nitrogen and oxygen atoms in total. The van der Waals surface area contributed by atoms with Crippen LogP contribution in [-0.4, -0.2) is 86.1 Å². The van der Waals surface area contributed by atoms with Crippen molar-refractivity contribution in [3.63, 3.8) is 0 Å². The second-order valence-electron chi connectivity index (χ2n) is 8.46. The number of anilines is 2. The van der Waals surface area contributed by atoms with Gasteiger partial charge in [-0.15, -0.1) is 0 Å². The monoisotopic (exact) mass is 401 g/mol. The molecule has 2 saturated heterocycles. The van der Waals surface area contributed by atoms with Crippen LogP contribution in [0.3, 0.4) is 0 Å². The maximum atomic E-state index is 13.1. The SMILES string of the molecule is CN1CCC(N(C)C(=O)c2cnc3c(c2)N(CC2CCOCC2)C(=O)CN3)CC1. The van der Waals surface area contributed by atoms with Crippen molar-refractivity contribution in [2.24, 2.45) is 5.92 Å². The number of carbonyl (C=O) groups excluding carboxylic acids is 2. The molecule has 3 aliphatic heterocycles. The molecule has 0 saturated carbocycles. The van der Waals surface area contributed by atoms with Crippen LogP contribution in [0.4, 0.5) is 11.5 Å². The normalized spacial score (nSPS) is 21.6. The lowest BCUT2D eigenvalue weighted by atomic mass is 9.99. The highest BCUT2D eigenvalue weighted by Crippen LogP contribution is 2.31. The highest BCUT2D eigenvalue weighted by Gasteiger charge is 2.30. The van der Waals surface area contributed by atoms with E-state index in [9.17, 15) is 9.59 Å². The Bertz CT molecular complexity index is 757. The minimum absolute atomic E-state index is 0.0269. The molecule has 0 spiro atoms. The van der Waals surface area contributed by atoms with Crippen LogP contribution in [0, 0.1) is 5.92 Å². The number of fused-ring (bicyclic) bond motifs is 1. The molecular formula is C21H31N5O3. The number of ether oxygens (including phenoxy) is 1. The number of rotatable bonds is 4.